The van der Waals surface area contributed by atoms with Crippen molar-refractivity contribution in [3.05, 3.63) is 36.0 Å². The van der Waals surface area contributed by atoms with Crippen LogP contribution in [0, 0.1) is 11.6 Å². The molecule has 0 spiro atoms. The van der Waals surface area contributed by atoms with E-state index in [9.17, 15) is 17.2 Å². The number of sulfonamides is 1. The number of nitrogens with one attached hydrogen (secondary N) is 2. The van der Waals surface area contributed by atoms with Gasteiger partial charge in [-0.05, 0) is 12.1 Å². The van der Waals surface area contributed by atoms with E-state index < -0.39 is 27.3 Å². The lowest BCUT2D eigenvalue weighted by Gasteiger charge is -2.07. The summed E-state index contributed by atoms with van der Waals surface area (Å²) in [4.78, 5) is -0.342. The van der Waals surface area contributed by atoms with E-state index in [0.29, 0.717) is 0 Å². The average Bonchev–Trinajstić information content (AvgIpc) is 2.72. The van der Waals surface area contributed by atoms with Gasteiger partial charge in [-0.25, -0.2) is 17.2 Å². The molecule has 4 N–H and O–H groups in total. The minimum absolute atomic E-state index is 0.195. The molecule has 0 amide bonds. The average molecular weight is 274 g/mol. The topological polar surface area (TPSA) is 101 Å². The summed E-state index contributed by atoms with van der Waals surface area (Å²) in [5.41, 5.74) is 4.84. The van der Waals surface area contributed by atoms with Crippen molar-refractivity contribution in [2.24, 2.45) is 0 Å². The molecule has 0 aliphatic rings. The summed E-state index contributed by atoms with van der Waals surface area (Å²) in [7, 11) is -4.12. The number of nitrogen functional groups attached to an aromatic ring is 1. The van der Waals surface area contributed by atoms with Gasteiger partial charge in [-0.2, -0.15) is 5.10 Å². The van der Waals surface area contributed by atoms with E-state index in [4.69, 9.17) is 5.73 Å². The van der Waals surface area contributed by atoms with Crippen LogP contribution in [-0.2, 0) is 10.0 Å². The molecule has 0 saturated heterocycles. The number of hydrogen-bond donors (Lipinski definition) is 3. The Morgan fingerprint density at radius 3 is 2.67 bits per heavy atom. The van der Waals surface area contributed by atoms with Gasteiger partial charge in [0.1, 0.15) is 10.7 Å². The number of halogens is 2. The van der Waals surface area contributed by atoms with E-state index >= 15 is 0 Å². The van der Waals surface area contributed by atoms with E-state index in [2.05, 4.69) is 10.2 Å². The highest BCUT2D eigenvalue weighted by atomic mass is 32.2. The fourth-order valence-electron chi connectivity index (χ4n) is 1.28. The lowest BCUT2D eigenvalue weighted by atomic mass is 10.3. The molecule has 0 radical (unpaired) electrons. The third kappa shape index (κ3) is 2.12. The molecule has 96 valence electrons. The molecule has 0 bridgehead atoms. The Morgan fingerprint density at radius 1 is 1.33 bits per heavy atom. The molecule has 0 aliphatic heterocycles. The van der Waals surface area contributed by atoms with Crippen LogP contribution in [0.4, 0.5) is 20.3 Å². The first-order valence-electron chi connectivity index (χ1n) is 4.67. The molecule has 0 aliphatic carbocycles. The molecule has 0 unspecified atom stereocenters. The molecule has 6 nitrogen and oxygen atoms in total. The van der Waals surface area contributed by atoms with Crippen LogP contribution in [0.3, 0.4) is 0 Å². The van der Waals surface area contributed by atoms with E-state index in [1.165, 1.54) is 6.07 Å². The fourth-order valence-corrected chi connectivity index (χ4v) is 2.37. The van der Waals surface area contributed by atoms with Crippen molar-refractivity contribution >= 4 is 21.5 Å². The number of hydrogen-bond acceptors (Lipinski definition) is 4. The Balaban J connectivity index is 2.40. The third-order valence-corrected chi connectivity index (χ3v) is 3.51. The number of benzene rings is 1. The summed E-state index contributed by atoms with van der Waals surface area (Å²) >= 11 is 0. The Kier molecular flexibility index (Phi) is 2.91. The summed E-state index contributed by atoms with van der Waals surface area (Å²) < 4.78 is 51.7. The number of nitrogens with zero attached hydrogens (tertiary/aromatic N) is 1. The van der Waals surface area contributed by atoms with Crippen molar-refractivity contribution in [2.45, 2.75) is 4.90 Å². The first-order valence-corrected chi connectivity index (χ1v) is 6.16. The second kappa shape index (κ2) is 4.26. The normalized spacial score (nSPS) is 11.4. The highest BCUT2D eigenvalue weighted by molar-refractivity contribution is 7.92. The lowest BCUT2D eigenvalue weighted by Crippen LogP contribution is -2.15. The Morgan fingerprint density at radius 2 is 2.06 bits per heavy atom. The van der Waals surface area contributed by atoms with E-state index in [1.807, 2.05) is 4.72 Å². The number of H-pyrrole nitrogens is 1. The van der Waals surface area contributed by atoms with Gasteiger partial charge < -0.3 is 5.73 Å². The van der Waals surface area contributed by atoms with Crippen molar-refractivity contribution in [1.82, 2.24) is 10.2 Å². The fraction of sp³-hybridized carbons (Fsp3) is 0. The smallest absolute Gasteiger partial charge is 0.267 e. The summed E-state index contributed by atoms with van der Waals surface area (Å²) in [6.45, 7) is 0. The zero-order chi connectivity index (χ0) is 13.3. The maximum atomic E-state index is 13.3. The minimum Gasteiger partial charge on any atom is -0.383 e. The van der Waals surface area contributed by atoms with Crippen molar-refractivity contribution in [3.63, 3.8) is 0 Å². The maximum Gasteiger partial charge on any atom is 0.267 e. The van der Waals surface area contributed by atoms with E-state index in [-0.39, 0.29) is 10.7 Å². The van der Waals surface area contributed by atoms with Gasteiger partial charge in [0, 0.05) is 0 Å². The predicted octanol–water partition coefficient (Wildman–Crippen LogP) is 1.07. The van der Waals surface area contributed by atoms with Gasteiger partial charge in [0.15, 0.2) is 11.6 Å². The van der Waals surface area contributed by atoms with Crippen LogP contribution in [0.15, 0.2) is 29.3 Å². The molecule has 0 atom stereocenters. The van der Waals surface area contributed by atoms with E-state index in [1.54, 1.807) is 0 Å². The molecule has 1 heterocycles. The number of anilines is 2. The second-order valence-electron chi connectivity index (χ2n) is 3.35. The monoisotopic (exact) mass is 274 g/mol. The summed E-state index contributed by atoms with van der Waals surface area (Å²) in [6, 6.07) is 3.14. The van der Waals surface area contributed by atoms with Crippen LogP contribution in [0.1, 0.15) is 0 Å². The molecule has 1 aromatic carbocycles. The Bertz CT molecular complexity index is 684. The highest BCUT2D eigenvalue weighted by Crippen LogP contribution is 2.22. The summed E-state index contributed by atoms with van der Waals surface area (Å²) in [5, 5.41) is 5.66. The van der Waals surface area contributed by atoms with Gasteiger partial charge in [-0.1, -0.05) is 6.07 Å². The first kappa shape index (κ1) is 12.3. The van der Waals surface area contributed by atoms with Gasteiger partial charge in [-0.3, -0.25) is 9.82 Å². The third-order valence-electron chi connectivity index (χ3n) is 2.12. The van der Waals surface area contributed by atoms with Gasteiger partial charge in [0.2, 0.25) is 0 Å². The zero-order valence-electron chi connectivity index (χ0n) is 8.81. The van der Waals surface area contributed by atoms with Crippen molar-refractivity contribution in [1.29, 1.82) is 0 Å². The van der Waals surface area contributed by atoms with Gasteiger partial charge in [-0.15, -0.1) is 0 Å². The number of aromatic amines is 1. The largest absolute Gasteiger partial charge is 0.383 e. The van der Waals surface area contributed by atoms with Crippen LogP contribution >= 0.6 is 0 Å². The molecule has 2 aromatic rings. The molecule has 2 rings (SSSR count). The van der Waals surface area contributed by atoms with Crippen LogP contribution in [0.25, 0.3) is 0 Å². The summed E-state index contributed by atoms with van der Waals surface area (Å²) in [6.07, 6.45) is 0.967. The number of aromatic nitrogens is 2. The second-order valence-corrected chi connectivity index (χ2v) is 5.01. The predicted molar refractivity (Wildman–Crippen MR) is 60.2 cm³/mol. The maximum absolute atomic E-state index is 13.3. The Labute approximate surface area is 101 Å². The minimum atomic E-state index is -4.12. The lowest BCUT2D eigenvalue weighted by molar-refractivity contribution is 0.511. The number of rotatable bonds is 3. The standard InChI is InChI=1S/C9H8F2N4O2S/c10-5-2-1-3-6(8(5)11)15-18(16,17)7-4-13-14-9(7)12/h1-4,15H,(H3,12,13,14). The van der Waals surface area contributed by atoms with Gasteiger partial charge >= 0.3 is 0 Å². The SMILES string of the molecule is Nc1[nH]ncc1S(=O)(=O)Nc1cccc(F)c1F. The molecule has 0 fully saturated rings. The molecular weight excluding hydrogens is 266 g/mol. The zero-order valence-corrected chi connectivity index (χ0v) is 9.63. The quantitative estimate of drug-likeness (QED) is 0.779. The molecule has 0 saturated carbocycles. The molecule has 1 aromatic heterocycles. The van der Waals surface area contributed by atoms with Crippen LogP contribution in [-0.4, -0.2) is 18.6 Å². The number of nitrogens with two attached hydrogens (primary N) is 1. The molecule has 18 heavy (non-hydrogen) atoms. The van der Waals surface area contributed by atoms with Crippen molar-refractivity contribution < 1.29 is 17.2 Å². The van der Waals surface area contributed by atoms with Crippen molar-refractivity contribution in [2.75, 3.05) is 10.5 Å². The van der Waals surface area contributed by atoms with Gasteiger partial charge in [0.25, 0.3) is 10.0 Å². The Hall–Kier alpha value is -2.16. The van der Waals surface area contributed by atoms with Crippen molar-refractivity contribution in [3.8, 4) is 0 Å². The molecular formula is C9H8F2N4O2S. The highest BCUT2D eigenvalue weighted by Gasteiger charge is 2.21. The van der Waals surface area contributed by atoms with Crippen LogP contribution in [0.5, 0.6) is 0 Å². The first-order chi connectivity index (χ1) is 8.42. The van der Waals surface area contributed by atoms with Crippen LogP contribution in [0.2, 0.25) is 0 Å². The molecule has 9 heteroatoms. The van der Waals surface area contributed by atoms with Gasteiger partial charge in [0.05, 0.1) is 11.9 Å². The van der Waals surface area contributed by atoms with E-state index in [0.717, 1.165) is 18.3 Å². The summed E-state index contributed by atoms with van der Waals surface area (Å²) in [5.74, 6) is -2.64. The van der Waals surface area contributed by atoms with Crippen LogP contribution < -0.4 is 10.5 Å².